The summed E-state index contributed by atoms with van der Waals surface area (Å²) in [4.78, 5) is 37.9. The van der Waals surface area contributed by atoms with Gasteiger partial charge in [0.2, 0.25) is 11.8 Å². The first-order chi connectivity index (χ1) is 16.4. The molecule has 0 radical (unpaired) electrons. The average molecular weight is 485 g/mol. The quantitative estimate of drug-likeness (QED) is 0.119. The normalized spacial score (nSPS) is 12.0. The van der Waals surface area contributed by atoms with Crippen LogP contribution in [0.1, 0.15) is 36.5 Å². The predicted molar refractivity (Wildman–Crippen MR) is 138 cm³/mol. The number of nitrogens with one attached hydrogen (secondary N) is 2. The Kier molecular flexibility index (Phi) is 11.1. The number of carbonyl (C=O) groups excluding carboxylic acids is 3. The summed E-state index contributed by atoms with van der Waals surface area (Å²) >= 11 is 0.986. The molecule has 0 heterocycles. The van der Waals surface area contributed by atoms with Crippen LogP contribution in [0.4, 0.5) is 5.69 Å². The highest BCUT2D eigenvalue weighted by Crippen LogP contribution is 2.18. The molecule has 182 valence electrons. The molecule has 6 N–H and O–H groups in total. The number of aryl methyl sites for hydroxylation is 1. The Balaban J connectivity index is 1.83. The first-order valence-electron chi connectivity index (χ1n) is 11.0. The number of benzene rings is 2. The molecule has 0 saturated heterocycles. The Morgan fingerprint density at radius 3 is 2.32 bits per heavy atom. The van der Waals surface area contributed by atoms with Crippen LogP contribution in [0.3, 0.4) is 0 Å². The Labute approximate surface area is 204 Å². The van der Waals surface area contributed by atoms with Crippen molar-refractivity contribution in [2.24, 2.45) is 16.8 Å². The number of carbonyl (C=O) groups is 3. The topological polar surface area (TPSA) is 143 Å². The minimum atomic E-state index is -0.493. The van der Waals surface area contributed by atoms with E-state index in [1.165, 1.54) is 5.56 Å². The van der Waals surface area contributed by atoms with Gasteiger partial charge in [-0.1, -0.05) is 43.0 Å². The lowest BCUT2D eigenvalue weighted by molar-refractivity contribution is -0.129. The SMILES string of the molecule is CCc1ccc(CC(SC=O)C(=O)N(C)CCCC(=O)Nc2ccc(/C(=N/N)NN)cc2)cc1. The second-order valence-corrected chi connectivity index (χ2v) is 8.74. The van der Waals surface area contributed by atoms with Crippen molar-refractivity contribution in [3.8, 4) is 0 Å². The molecule has 1 atom stereocenters. The minimum absolute atomic E-state index is 0.126. The van der Waals surface area contributed by atoms with E-state index in [0.717, 1.165) is 23.7 Å². The van der Waals surface area contributed by atoms with Crippen molar-refractivity contribution < 1.29 is 14.4 Å². The summed E-state index contributed by atoms with van der Waals surface area (Å²) in [6.45, 7) is 2.50. The van der Waals surface area contributed by atoms with E-state index in [-0.39, 0.29) is 18.2 Å². The summed E-state index contributed by atoms with van der Waals surface area (Å²) in [6, 6.07) is 15.0. The molecule has 0 bridgehead atoms. The van der Waals surface area contributed by atoms with Gasteiger partial charge in [0.05, 0.1) is 5.25 Å². The smallest absolute Gasteiger partial charge is 0.236 e. The molecule has 0 spiro atoms. The summed E-state index contributed by atoms with van der Waals surface area (Å²) in [6.07, 6.45) is 2.17. The molecule has 0 fully saturated rings. The maximum atomic E-state index is 12.9. The van der Waals surface area contributed by atoms with Crippen molar-refractivity contribution in [2.45, 2.75) is 37.9 Å². The Hall–Kier alpha value is -3.37. The van der Waals surface area contributed by atoms with Crippen LogP contribution in [0.2, 0.25) is 0 Å². The third-order valence-corrected chi connectivity index (χ3v) is 6.14. The number of thioether (sulfide) groups is 1. The molecule has 2 aromatic carbocycles. The molecule has 2 aromatic rings. The lowest BCUT2D eigenvalue weighted by Crippen LogP contribution is -2.36. The molecule has 2 amide bonds. The van der Waals surface area contributed by atoms with Gasteiger partial charge in [0, 0.05) is 31.3 Å². The molecule has 0 saturated carbocycles. The van der Waals surface area contributed by atoms with E-state index in [4.69, 9.17) is 11.7 Å². The van der Waals surface area contributed by atoms with Crippen LogP contribution >= 0.6 is 11.8 Å². The standard InChI is InChI=1S/C24H32N6O3S/c1-3-17-6-8-18(9-7-17)15-21(34-16-31)24(33)30(2)14-4-5-22(32)27-20-12-10-19(11-13-20)23(28-25)29-26/h6-13,16,21H,3-5,14-15,25-26H2,1-2H3,(H,27,32)(H,28,29). The first-order valence-corrected chi connectivity index (χ1v) is 11.9. The van der Waals surface area contributed by atoms with E-state index >= 15 is 0 Å². The van der Waals surface area contributed by atoms with Crippen LogP contribution in [0.25, 0.3) is 0 Å². The number of anilines is 1. The molecule has 0 aliphatic heterocycles. The predicted octanol–water partition coefficient (Wildman–Crippen LogP) is 2.04. The fraction of sp³-hybridized carbons (Fsp3) is 0.333. The summed E-state index contributed by atoms with van der Waals surface area (Å²) in [7, 11) is 1.69. The minimum Gasteiger partial charge on any atom is -0.345 e. The second-order valence-electron chi connectivity index (χ2n) is 7.71. The van der Waals surface area contributed by atoms with E-state index in [9.17, 15) is 14.4 Å². The lowest BCUT2D eigenvalue weighted by atomic mass is 10.1. The molecule has 34 heavy (non-hydrogen) atoms. The number of hydrogen-bond acceptors (Lipinski definition) is 7. The molecule has 2 rings (SSSR count). The van der Waals surface area contributed by atoms with E-state index < -0.39 is 5.25 Å². The molecule has 0 aliphatic rings. The van der Waals surface area contributed by atoms with Crippen LogP contribution in [0, 0.1) is 0 Å². The highest BCUT2D eigenvalue weighted by atomic mass is 32.2. The maximum Gasteiger partial charge on any atom is 0.236 e. The van der Waals surface area contributed by atoms with E-state index in [2.05, 4.69) is 22.8 Å². The van der Waals surface area contributed by atoms with E-state index in [1.807, 2.05) is 24.3 Å². The van der Waals surface area contributed by atoms with Gasteiger partial charge in [-0.15, -0.1) is 0 Å². The van der Waals surface area contributed by atoms with Crippen LogP contribution in [-0.4, -0.2) is 47.0 Å². The molecular weight excluding hydrogens is 452 g/mol. The van der Waals surface area contributed by atoms with Gasteiger partial charge in [-0.2, -0.15) is 5.10 Å². The van der Waals surface area contributed by atoms with Gasteiger partial charge in [0.1, 0.15) is 0 Å². The largest absolute Gasteiger partial charge is 0.345 e. The third-order valence-electron chi connectivity index (χ3n) is 5.33. The highest BCUT2D eigenvalue weighted by Gasteiger charge is 2.23. The van der Waals surface area contributed by atoms with Gasteiger partial charge >= 0.3 is 0 Å². The number of hydrogen-bond donors (Lipinski definition) is 4. The van der Waals surface area contributed by atoms with Crippen molar-refractivity contribution in [1.82, 2.24) is 10.3 Å². The zero-order valence-electron chi connectivity index (χ0n) is 19.5. The van der Waals surface area contributed by atoms with Crippen LogP contribution in [0.15, 0.2) is 53.6 Å². The van der Waals surface area contributed by atoms with Crippen molar-refractivity contribution in [2.75, 3.05) is 18.9 Å². The Bertz CT molecular complexity index is 979. The first kappa shape index (κ1) is 26.9. The highest BCUT2D eigenvalue weighted by molar-refractivity contribution is 8.13. The molecular formula is C24H32N6O3S. The van der Waals surface area contributed by atoms with E-state index in [0.29, 0.717) is 42.1 Å². The number of amides is 2. The Morgan fingerprint density at radius 2 is 1.76 bits per heavy atom. The number of rotatable bonds is 12. The molecule has 1 unspecified atom stereocenters. The molecule has 0 aromatic heterocycles. The second kappa shape index (κ2) is 14.0. The van der Waals surface area contributed by atoms with Gasteiger partial charge in [-0.3, -0.25) is 14.4 Å². The zero-order chi connectivity index (χ0) is 24.9. The van der Waals surface area contributed by atoms with Gasteiger partial charge < -0.3 is 21.5 Å². The zero-order valence-corrected chi connectivity index (χ0v) is 20.3. The number of hydrazone groups is 1. The Morgan fingerprint density at radius 1 is 1.12 bits per heavy atom. The fourth-order valence-electron chi connectivity index (χ4n) is 3.35. The maximum absolute atomic E-state index is 12.9. The summed E-state index contributed by atoms with van der Waals surface area (Å²) < 4.78 is 0. The molecule has 10 heteroatoms. The van der Waals surface area contributed by atoms with Gasteiger partial charge in [0.25, 0.3) is 0 Å². The van der Waals surface area contributed by atoms with Crippen molar-refractivity contribution in [3.63, 3.8) is 0 Å². The van der Waals surface area contributed by atoms with Gasteiger partial charge in [0.15, 0.2) is 11.5 Å². The summed E-state index contributed by atoms with van der Waals surface area (Å²) in [5.74, 6) is 10.6. The van der Waals surface area contributed by atoms with Gasteiger partial charge in [-0.25, -0.2) is 5.84 Å². The van der Waals surface area contributed by atoms with Crippen LogP contribution in [0.5, 0.6) is 0 Å². The number of amidine groups is 1. The molecule has 9 nitrogen and oxygen atoms in total. The van der Waals surface area contributed by atoms with Crippen molar-refractivity contribution >= 4 is 40.7 Å². The van der Waals surface area contributed by atoms with Crippen molar-refractivity contribution in [1.29, 1.82) is 0 Å². The van der Waals surface area contributed by atoms with Crippen LogP contribution < -0.4 is 22.4 Å². The fourth-order valence-corrected chi connectivity index (χ4v) is 4.07. The van der Waals surface area contributed by atoms with Gasteiger partial charge in [-0.05, 0) is 54.7 Å². The average Bonchev–Trinajstić information content (AvgIpc) is 2.85. The summed E-state index contributed by atoms with van der Waals surface area (Å²) in [5.41, 5.74) is 6.65. The summed E-state index contributed by atoms with van der Waals surface area (Å²) in [5, 5.41) is 5.86. The van der Waals surface area contributed by atoms with Crippen molar-refractivity contribution in [3.05, 3.63) is 65.2 Å². The molecule has 0 aliphatic carbocycles. The number of hydrazine groups is 1. The number of nitrogens with zero attached hydrogens (tertiary/aromatic N) is 2. The van der Waals surface area contributed by atoms with Crippen LogP contribution in [-0.2, 0) is 27.2 Å². The lowest BCUT2D eigenvalue weighted by Gasteiger charge is -2.22. The van der Waals surface area contributed by atoms with E-state index in [1.54, 1.807) is 36.2 Å². The monoisotopic (exact) mass is 484 g/mol. The third kappa shape index (κ3) is 8.20. The number of nitrogens with two attached hydrogens (primary N) is 2.